The maximum atomic E-state index is 4.37. The summed E-state index contributed by atoms with van der Waals surface area (Å²) in [6, 6.07) is 1.70. The van der Waals surface area contributed by atoms with Gasteiger partial charge in [0.15, 0.2) is 0 Å². The second-order valence-corrected chi connectivity index (χ2v) is 8.88. The largest absolute Gasteiger partial charge is 0.298 e. The lowest BCUT2D eigenvalue weighted by Gasteiger charge is -2.49. The summed E-state index contributed by atoms with van der Waals surface area (Å²) in [7, 11) is 0. The molecule has 0 unspecified atom stereocenters. The molecule has 3 heterocycles. The molecule has 3 fully saturated rings. The summed E-state index contributed by atoms with van der Waals surface area (Å²) in [5.41, 5.74) is 0. The molecule has 1 aromatic rings. The Balaban J connectivity index is 1.18. The van der Waals surface area contributed by atoms with Crippen molar-refractivity contribution in [3.05, 3.63) is 16.1 Å². The van der Waals surface area contributed by atoms with Crippen LogP contribution in [0.1, 0.15) is 42.0 Å². The third-order valence-corrected chi connectivity index (χ3v) is 6.84. The van der Waals surface area contributed by atoms with Gasteiger partial charge >= 0.3 is 0 Å². The van der Waals surface area contributed by atoms with Crippen molar-refractivity contribution < 1.29 is 0 Å². The van der Waals surface area contributed by atoms with E-state index in [2.05, 4.69) is 32.8 Å². The van der Waals surface area contributed by atoms with Crippen molar-refractivity contribution in [3.63, 3.8) is 0 Å². The average Bonchev–Trinajstić information content (AvgIpc) is 2.97. The van der Waals surface area contributed by atoms with Gasteiger partial charge in [-0.1, -0.05) is 19.3 Å². The Hall–Kier alpha value is -0.490. The summed E-state index contributed by atoms with van der Waals surface area (Å²) < 4.78 is 0. The second kappa shape index (κ2) is 7.18. The molecular formula is C18H30N4S. The zero-order valence-electron chi connectivity index (χ0n) is 14.4. The van der Waals surface area contributed by atoms with Gasteiger partial charge in [0.2, 0.25) is 0 Å². The van der Waals surface area contributed by atoms with Crippen LogP contribution in [0.25, 0.3) is 0 Å². The van der Waals surface area contributed by atoms with E-state index < -0.39 is 0 Å². The number of nitrogens with zero attached hydrogens (tertiary/aromatic N) is 4. The van der Waals surface area contributed by atoms with Gasteiger partial charge in [-0.2, -0.15) is 0 Å². The number of aromatic nitrogens is 1. The SMILES string of the molecule is Cc1ncc(CN2CC(N3CCN(C4CCCCC4)CC3)C2)s1. The summed E-state index contributed by atoms with van der Waals surface area (Å²) in [6.45, 7) is 10.9. The zero-order chi connectivity index (χ0) is 15.6. The van der Waals surface area contributed by atoms with Gasteiger partial charge in [-0.25, -0.2) is 4.98 Å². The smallest absolute Gasteiger partial charge is 0.0897 e. The zero-order valence-corrected chi connectivity index (χ0v) is 15.2. The number of aryl methyl sites for hydroxylation is 1. The molecule has 0 bridgehead atoms. The number of likely N-dealkylation sites (tertiary alicyclic amines) is 1. The molecule has 0 amide bonds. The molecule has 0 radical (unpaired) electrons. The maximum Gasteiger partial charge on any atom is 0.0897 e. The molecule has 4 nitrogen and oxygen atoms in total. The first kappa shape index (κ1) is 16.0. The number of hydrogen-bond donors (Lipinski definition) is 0. The van der Waals surface area contributed by atoms with Crippen LogP contribution in [0.2, 0.25) is 0 Å². The maximum absolute atomic E-state index is 4.37. The van der Waals surface area contributed by atoms with Gasteiger partial charge in [-0.15, -0.1) is 11.3 Å². The van der Waals surface area contributed by atoms with Crippen LogP contribution in [0.3, 0.4) is 0 Å². The van der Waals surface area contributed by atoms with Crippen LogP contribution in [-0.2, 0) is 6.54 Å². The Bertz CT molecular complexity index is 497. The second-order valence-electron chi connectivity index (χ2n) is 7.56. The van der Waals surface area contributed by atoms with Gasteiger partial charge in [0, 0.05) is 69.0 Å². The molecule has 1 aromatic heterocycles. The number of rotatable bonds is 4. The van der Waals surface area contributed by atoms with E-state index in [4.69, 9.17) is 0 Å². The quantitative estimate of drug-likeness (QED) is 0.844. The van der Waals surface area contributed by atoms with Crippen molar-refractivity contribution in [1.29, 1.82) is 0 Å². The fourth-order valence-electron chi connectivity index (χ4n) is 4.52. The minimum absolute atomic E-state index is 0.803. The third kappa shape index (κ3) is 3.78. The summed E-state index contributed by atoms with van der Waals surface area (Å²) in [4.78, 5) is 13.9. The lowest BCUT2D eigenvalue weighted by atomic mass is 9.93. The standard InChI is InChI=1S/C18H30N4S/c1-15-19-11-18(23-15)14-20-12-17(13-20)22-9-7-21(8-10-22)16-5-3-2-4-6-16/h11,16-17H,2-10,12-14H2,1H3. The Morgan fingerprint density at radius 1 is 1.00 bits per heavy atom. The van der Waals surface area contributed by atoms with E-state index in [1.165, 1.54) is 81.3 Å². The molecule has 0 aromatic carbocycles. The monoisotopic (exact) mass is 334 g/mol. The minimum Gasteiger partial charge on any atom is -0.298 e. The molecule has 5 heteroatoms. The topological polar surface area (TPSA) is 22.6 Å². The Kier molecular flexibility index (Phi) is 4.99. The lowest BCUT2D eigenvalue weighted by Crippen LogP contribution is -2.63. The molecule has 1 saturated carbocycles. The highest BCUT2D eigenvalue weighted by Crippen LogP contribution is 2.26. The number of thiazole rings is 1. The van der Waals surface area contributed by atoms with Crippen LogP contribution >= 0.6 is 11.3 Å². The van der Waals surface area contributed by atoms with Crippen LogP contribution in [0.4, 0.5) is 0 Å². The normalized spacial score (nSPS) is 26.5. The molecular weight excluding hydrogens is 304 g/mol. The van der Waals surface area contributed by atoms with E-state index in [1.807, 2.05) is 11.3 Å². The van der Waals surface area contributed by atoms with Crippen molar-refractivity contribution in [1.82, 2.24) is 19.7 Å². The van der Waals surface area contributed by atoms with E-state index in [0.29, 0.717) is 0 Å². The molecule has 2 saturated heterocycles. The number of hydrogen-bond acceptors (Lipinski definition) is 5. The van der Waals surface area contributed by atoms with Gasteiger partial charge in [-0.3, -0.25) is 14.7 Å². The van der Waals surface area contributed by atoms with Crippen molar-refractivity contribution in [3.8, 4) is 0 Å². The van der Waals surface area contributed by atoms with E-state index in [1.54, 1.807) is 0 Å². The van der Waals surface area contributed by atoms with Crippen LogP contribution in [0.15, 0.2) is 6.20 Å². The molecule has 0 atom stereocenters. The van der Waals surface area contributed by atoms with Crippen LogP contribution in [0, 0.1) is 6.92 Å². The van der Waals surface area contributed by atoms with E-state index in [-0.39, 0.29) is 0 Å². The van der Waals surface area contributed by atoms with Gasteiger partial charge < -0.3 is 0 Å². The molecule has 23 heavy (non-hydrogen) atoms. The first-order chi connectivity index (χ1) is 11.3. The first-order valence-corrected chi connectivity index (χ1v) is 10.2. The molecule has 0 N–H and O–H groups in total. The highest BCUT2D eigenvalue weighted by molar-refractivity contribution is 7.11. The average molecular weight is 335 g/mol. The van der Waals surface area contributed by atoms with Gasteiger partial charge in [0.25, 0.3) is 0 Å². The van der Waals surface area contributed by atoms with E-state index in [9.17, 15) is 0 Å². The van der Waals surface area contributed by atoms with E-state index in [0.717, 1.165) is 18.6 Å². The van der Waals surface area contributed by atoms with Crippen LogP contribution in [0.5, 0.6) is 0 Å². The van der Waals surface area contributed by atoms with Gasteiger partial charge in [0.05, 0.1) is 5.01 Å². The van der Waals surface area contributed by atoms with Crippen molar-refractivity contribution >= 4 is 11.3 Å². The Morgan fingerprint density at radius 2 is 1.65 bits per heavy atom. The van der Waals surface area contributed by atoms with Gasteiger partial charge in [0.1, 0.15) is 0 Å². The van der Waals surface area contributed by atoms with Crippen LogP contribution in [-0.4, -0.2) is 71.0 Å². The minimum atomic E-state index is 0.803. The number of piperazine rings is 1. The summed E-state index contributed by atoms with van der Waals surface area (Å²) in [5, 5.41) is 1.19. The Labute approximate surface area is 144 Å². The summed E-state index contributed by atoms with van der Waals surface area (Å²) in [5.74, 6) is 0. The molecule has 128 valence electrons. The molecule has 0 spiro atoms. The molecule has 1 aliphatic carbocycles. The highest BCUT2D eigenvalue weighted by Gasteiger charge is 2.34. The molecule has 3 aliphatic rings. The Morgan fingerprint density at radius 3 is 2.26 bits per heavy atom. The van der Waals surface area contributed by atoms with Crippen molar-refractivity contribution in [2.45, 2.75) is 57.7 Å². The van der Waals surface area contributed by atoms with Crippen LogP contribution < -0.4 is 0 Å². The van der Waals surface area contributed by atoms with E-state index >= 15 is 0 Å². The molecule has 4 rings (SSSR count). The third-order valence-electron chi connectivity index (χ3n) is 5.94. The fourth-order valence-corrected chi connectivity index (χ4v) is 5.35. The lowest BCUT2D eigenvalue weighted by molar-refractivity contribution is -0.0100. The first-order valence-electron chi connectivity index (χ1n) is 9.40. The summed E-state index contributed by atoms with van der Waals surface area (Å²) >= 11 is 1.85. The molecule has 2 aliphatic heterocycles. The predicted molar refractivity (Wildman–Crippen MR) is 95.9 cm³/mol. The predicted octanol–water partition coefficient (Wildman–Crippen LogP) is 2.59. The highest BCUT2D eigenvalue weighted by atomic mass is 32.1. The van der Waals surface area contributed by atoms with Gasteiger partial charge in [-0.05, 0) is 19.8 Å². The van der Waals surface area contributed by atoms with Crippen molar-refractivity contribution in [2.24, 2.45) is 0 Å². The fraction of sp³-hybridized carbons (Fsp3) is 0.833. The van der Waals surface area contributed by atoms with Crippen molar-refractivity contribution in [2.75, 3.05) is 39.3 Å². The summed E-state index contributed by atoms with van der Waals surface area (Å²) in [6.07, 6.45) is 9.33.